The van der Waals surface area contributed by atoms with Crippen molar-refractivity contribution in [3.8, 4) is 11.5 Å². The number of likely N-dealkylation sites (N-methyl/N-ethyl adjacent to an activating group) is 1. The largest absolute Gasteiger partial charge is 0.497 e. The zero-order chi connectivity index (χ0) is 20.8. The van der Waals surface area contributed by atoms with Crippen molar-refractivity contribution in [1.29, 1.82) is 0 Å². The minimum Gasteiger partial charge on any atom is -0.497 e. The van der Waals surface area contributed by atoms with Crippen molar-refractivity contribution >= 4 is 5.91 Å². The van der Waals surface area contributed by atoms with Gasteiger partial charge >= 0.3 is 0 Å². The van der Waals surface area contributed by atoms with E-state index in [1.165, 1.54) is 4.90 Å². The number of carbonyl (C=O) groups is 1. The third-order valence-electron chi connectivity index (χ3n) is 6.05. The Morgan fingerprint density at radius 1 is 1.10 bits per heavy atom. The van der Waals surface area contributed by atoms with Crippen LogP contribution in [-0.2, 0) is 4.79 Å². The van der Waals surface area contributed by atoms with Gasteiger partial charge in [0.2, 0.25) is 0 Å². The molecular weight excluding hydrogens is 364 g/mol. The van der Waals surface area contributed by atoms with Crippen LogP contribution in [0.25, 0.3) is 0 Å². The second-order valence-corrected chi connectivity index (χ2v) is 7.48. The standard InChI is InChI=1S/C24H32N2O3/c1-5-25(6-2)24(27)23(18-11-8-7-9-12-18)26-16-10-13-21(26)20-15-14-19(28-3)17-22(20)29-4/h7-9,11-12,14-15,17,21,23H,5-6,10,13,16H2,1-4H3/p+1/t21-,23-/m1/s1. The number of ether oxygens (including phenoxy) is 2. The van der Waals surface area contributed by atoms with Gasteiger partial charge < -0.3 is 19.3 Å². The topological polar surface area (TPSA) is 43.2 Å². The van der Waals surface area contributed by atoms with Crippen molar-refractivity contribution in [3.05, 3.63) is 59.7 Å². The number of likely N-dealkylation sites (tertiary alicyclic amines) is 1. The lowest BCUT2D eigenvalue weighted by Crippen LogP contribution is -3.11. The number of hydrogen-bond donors (Lipinski definition) is 1. The van der Waals surface area contributed by atoms with Gasteiger partial charge in [0.05, 0.1) is 26.3 Å². The minimum absolute atomic E-state index is 0.204. The van der Waals surface area contributed by atoms with Crippen LogP contribution in [0.5, 0.6) is 11.5 Å². The summed E-state index contributed by atoms with van der Waals surface area (Å²) >= 11 is 0. The summed E-state index contributed by atoms with van der Waals surface area (Å²) in [6.45, 7) is 6.51. The molecule has 0 aromatic heterocycles. The van der Waals surface area contributed by atoms with Gasteiger partial charge in [-0.05, 0) is 26.0 Å². The van der Waals surface area contributed by atoms with Crippen molar-refractivity contribution in [2.75, 3.05) is 33.9 Å². The van der Waals surface area contributed by atoms with E-state index in [0.717, 1.165) is 55.1 Å². The van der Waals surface area contributed by atoms with E-state index in [2.05, 4.69) is 18.2 Å². The molecule has 2 aromatic rings. The molecule has 0 bridgehead atoms. The van der Waals surface area contributed by atoms with Gasteiger partial charge in [-0.25, -0.2) is 0 Å². The predicted octanol–water partition coefficient (Wildman–Crippen LogP) is 3.03. The zero-order valence-corrected chi connectivity index (χ0v) is 18.0. The van der Waals surface area contributed by atoms with Crippen LogP contribution in [0.3, 0.4) is 0 Å². The minimum atomic E-state index is -0.213. The fraction of sp³-hybridized carbons (Fsp3) is 0.458. The Bertz CT molecular complexity index is 805. The van der Waals surface area contributed by atoms with Crippen LogP contribution in [-0.4, -0.2) is 44.7 Å². The Morgan fingerprint density at radius 2 is 1.83 bits per heavy atom. The van der Waals surface area contributed by atoms with E-state index < -0.39 is 0 Å². The molecule has 29 heavy (non-hydrogen) atoms. The van der Waals surface area contributed by atoms with Crippen LogP contribution in [0.15, 0.2) is 48.5 Å². The first-order chi connectivity index (χ1) is 14.1. The number of hydrogen-bond acceptors (Lipinski definition) is 3. The average Bonchev–Trinajstić information content (AvgIpc) is 3.24. The van der Waals surface area contributed by atoms with E-state index in [9.17, 15) is 4.79 Å². The smallest absolute Gasteiger partial charge is 0.285 e. The van der Waals surface area contributed by atoms with Gasteiger partial charge in [0.1, 0.15) is 17.5 Å². The van der Waals surface area contributed by atoms with Crippen molar-refractivity contribution in [2.24, 2.45) is 0 Å². The molecule has 3 atom stereocenters. The van der Waals surface area contributed by atoms with Crippen LogP contribution >= 0.6 is 0 Å². The number of nitrogens with one attached hydrogen (secondary N) is 1. The lowest BCUT2D eigenvalue weighted by Gasteiger charge is -2.33. The number of methoxy groups -OCH3 is 2. The Balaban J connectivity index is 2.02. The molecular formula is C24H33N2O3+. The van der Waals surface area contributed by atoms with E-state index in [0.29, 0.717) is 0 Å². The molecule has 1 amide bonds. The quantitative estimate of drug-likeness (QED) is 0.745. The summed E-state index contributed by atoms with van der Waals surface area (Å²) in [5, 5.41) is 0. The molecule has 0 saturated carbocycles. The fourth-order valence-corrected chi connectivity index (χ4v) is 4.56. The van der Waals surface area contributed by atoms with Gasteiger partial charge in [-0.2, -0.15) is 0 Å². The number of quaternary nitrogens is 1. The first kappa shape index (κ1) is 21.2. The first-order valence-electron chi connectivity index (χ1n) is 10.6. The molecule has 1 heterocycles. The van der Waals surface area contributed by atoms with Crippen LogP contribution in [0, 0.1) is 0 Å². The Kier molecular flexibility index (Phi) is 7.15. The second kappa shape index (κ2) is 9.79. The van der Waals surface area contributed by atoms with E-state index in [-0.39, 0.29) is 18.0 Å². The molecule has 1 saturated heterocycles. The normalized spacial score (nSPS) is 19.6. The molecule has 3 rings (SSSR count). The summed E-state index contributed by atoms with van der Waals surface area (Å²) in [5.74, 6) is 1.82. The maximum absolute atomic E-state index is 13.6. The SMILES string of the molecule is CCN(CC)C(=O)[C@@H](c1ccccc1)[NH+]1CCC[C@@H]1c1ccc(OC)cc1OC. The van der Waals surface area contributed by atoms with Crippen molar-refractivity contribution in [3.63, 3.8) is 0 Å². The van der Waals surface area contributed by atoms with Crippen LogP contribution in [0.2, 0.25) is 0 Å². The van der Waals surface area contributed by atoms with Gasteiger partial charge in [0, 0.05) is 37.6 Å². The zero-order valence-electron chi connectivity index (χ0n) is 18.0. The Labute approximate surface area is 174 Å². The van der Waals surface area contributed by atoms with Gasteiger partial charge in [-0.3, -0.25) is 4.79 Å². The van der Waals surface area contributed by atoms with E-state index in [1.54, 1.807) is 14.2 Å². The molecule has 1 aliphatic heterocycles. The van der Waals surface area contributed by atoms with Gasteiger partial charge in [-0.1, -0.05) is 30.3 Å². The number of carbonyl (C=O) groups excluding carboxylic acids is 1. The fourth-order valence-electron chi connectivity index (χ4n) is 4.56. The lowest BCUT2D eigenvalue weighted by molar-refractivity contribution is -0.940. The van der Waals surface area contributed by atoms with Gasteiger partial charge in [0.15, 0.2) is 6.04 Å². The monoisotopic (exact) mass is 397 g/mol. The highest BCUT2D eigenvalue weighted by molar-refractivity contribution is 5.82. The summed E-state index contributed by atoms with van der Waals surface area (Å²) in [6.07, 6.45) is 2.12. The van der Waals surface area contributed by atoms with E-state index >= 15 is 0 Å². The molecule has 0 spiro atoms. The highest BCUT2D eigenvalue weighted by Gasteiger charge is 2.42. The number of rotatable bonds is 8. The second-order valence-electron chi connectivity index (χ2n) is 7.48. The summed E-state index contributed by atoms with van der Waals surface area (Å²) < 4.78 is 11.1. The number of benzene rings is 2. The lowest BCUT2D eigenvalue weighted by atomic mass is 9.98. The molecule has 0 aliphatic carbocycles. The van der Waals surface area contributed by atoms with E-state index in [4.69, 9.17) is 9.47 Å². The number of amides is 1. The molecule has 0 radical (unpaired) electrons. The maximum atomic E-state index is 13.6. The average molecular weight is 398 g/mol. The number of nitrogens with zero attached hydrogens (tertiary/aromatic N) is 1. The predicted molar refractivity (Wildman–Crippen MR) is 114 cm³/mol. The molecule has 1 N–H and O–H groups in total. The van der Waals surface area contributed by atoms with Crippen LogP contribution in [0.4, 0.5) is 0 Å². The Hall–Kier alpha value is -2.53. The van der Waals surface area contributed by atoms with Crippen molar-refractivity contribution < 1.29 is 19.2 Å². The third kappa shape index (κ3) is 4.40. The van der Waals surface area contributed by atoms with Crippen molar-refractivity contribution in [1.82, 2.24) is 4.90 Å². The molecule has 156 valence electrons. The molecule has 2 aromatic carbocycles. The van der Waals surface area contributed by atoms with Crippen molar-refractivity contribution in [2.45, 2.75) is 38.8 Å². The molecule has 1 fully saturated rings. The third-order valence-corrected chi connectivity index (χ3v) is 6.05. The Morgan fingerprint density at radius 3 is 2.45 bits per heavy atom. The molecule has 5 nitrogen and oxygen atoms in total. The van der Waals surface area contributed by atoms with E-state index in [1.807, 2.05) is 49.1 Å². The van der Waals surface area contributed by atoms with Gasteiger partial charge in [-0.15, -0.1) is 0 Å². The molecule has 1 aliphatic rings. The summed E-state index contributed by atoms with van der Waals surface area (Å²) in [6, 6.07) is 16.2. The highest BCUT2D eigenvalue weighted by Crippen LogP contribution is 2.33. The highest BCUT2D eigenvalue weighted by atomic mass is 16.5. The molecule has 1 unspecified atom stereocenters. The first-order valence-corrected chi connectivity index (χ1v) is 10.6. The summed E-state index contributed by atoms with van der Waals surface area (Å²) in [5.41, 5.74) is 2.23. The maximum Gasteiger partial charge on any atom is 0.285 e. The molecule has 5 heteroatoms. The van der Waals surface area contributed by atoms with Gasteiger partial charge in [0.25, 0.3) is 5.91 Å². The van der Waals surface area contributed by atoms with Crippen LogP contribution < -0.4 is 14.4 Å². The summed E-state index contributed by atoms with van der Waals surface area (Å²) in [4.78, 5) is 16.8. The van der Waals surface area contributed by atoms with Crippen LogP contribution in [0.1, 0.15) is 49.9 Å². The summed E-state index contributed by atoms with van der Waals surface area (Å²) in [7, 11) is 3.36.